The largest absolute Gasteiger partial charge is 0.480 e. The van der Waals surface area contributed by atoms with E-state index >= 15 is 0 Å². The van der Waals surface area contributed by atoms with Crippen molar-refractivity contribution in [2.75, 3.05) is 13.2 Å². The Hall–Kier alpha value is -1.60. The SMILES string of the molecule is Cc1cc(C(F)(F)F)ccc1CNC(C(=O)O)C1CCOCC1. The van der Waals surface area contributed by atoms with Crippen molar-refractivity contribution in [2.24, 2.45) is 5.92 Å². The van der Waals surface area contributed by atoms with E-state index in [1.165, 1.54) is 6.07 Å². The number of aliphatic carboxylic acids is 1. The molecule has 1 aromatic rings. The highest BCUT2D eigenvalue weighted by Crippen LogP contribution is 2.30. The Labute approximate surface area is 132 Å². The Morgan fingerprint density at radius 1 is 1.39 bits per heavy atom. The number of hydrogen-bond donors (Lipinski definition) is 2. The number of nitrogens with one attached hydrogen (secondary N) is 1. The van der Waals surface area contributed by atoms with E-state index < -0.39 is 23.8 Å². The minimum atomic E-state index is -4.37. The standard InChI is InChI=1S/C16H20F3NO3/c1-10-8-13(16(17,18)19)3-2-12(10)9-20-14(15(21)22)11-4-6-23-7-5-11/h2-3,8,11,14,20H,4-7,9H2,1H3,(H,21,22). The number of ether oxygens (including phenoxy) is 1. The highest BCUT2D eigenvalue weighted by atomic mass is 19.4. The Bertz CT molecular complexity index is 554. The van der Waals surface area contributed by atoms with Crippen molar-refractivity contribution < 1.29 is 27.8 Å². The fourth-order valence-electron chi connectivity index (χ4n) is 2.80. The number of carbonyl (C=O) groups is 1. The lowest BCUT2D eigenvalue weighted by atomic mass is 9.91. The zero-order valence-electron chi connectivity index (χ0n) is 12.8. The molecule has 0 radical (unpaired) electrons. The molecule has 0 aliphatic carbocycles. The van der Waals surface area contributed by atoms with Crippen LogP contribution in [0.15, 0.2) is 18.2 Å². The number of carboxylic acid groups (broad SMARTS) is 1. The molecule has 0 amide bonds. The van der Waals surface area contributed by atoms with Crippen LogP contribution in [0.3, 0.4) is 0 Å². The van der Waals surface area contributed by atoms with Gasteiger partial charge in [-0.1, -0.05) is 6.07 Å². The number of rotatable bonds is 5. The average Bonchev–Trinajstić information content (AvgIpc) is 2.48. The van der Waals surface area contributed by atoms with Crippen molar-refractivity contribution in [3.63, 3.8) is 0 Å². The fraction of sp³-hybridized carbons (Fsp3) is 0.562. The van der Waals surface area contributed by atoms with E-state index in [2.05, 4.69) is 5.32 Å². The molecule has 1 aromatic carbocycles. The van der Waals surface area contributed by atoms with Gasteiger partial charge in [0.05, 0.1) is 5.56 Å². The molecule has 1 aliphatic heterocycles. The summed E-state index contributed by atoms with van der Waals surface area (Å²) in [6.07, 6.45) is -3.05. The Balaban J connectivity index is 2.04. The van der Waals surface area contributed by atoms with Gasteiger partial charge < -0.3 is 15.2 Å². The maximum atomic E-state index is 12.7. The minimum absolute atomic E-state index is 0.0315. The second kappa shape index (κ2) is 7.31. The van der Waals surface area contributed by atoms with Crippen molar-refractivity contribution >= 4 is 5.97 Å². The van der Waals surface area contributed by atoms with E-state index in [0.29, 0.717) is 37.2 Å². The summed E-state index contributed by atoms with van der Waals surface area (Å²) >= 11 is 0. The summed E-state index contributed by atoms with van der Waals surface area (Å²) in [6, 6.07) is 2.78. The van der Waals surface area contributed by atoms with Gasteiger partial charge in [0.1, 0.15) is 6.04 Å². The van der Waals surface area contributed by atoms with Crippen molar-refractivity contribution in [3.05, 3.63) is 34.9 Å². The van der Waals surface area contributed by atoms with Gasteiger partial charge in [-0.2, -0.15) is 13.2 Å². The molecule has 1 saturated heterocycles. The number of benzene rings is 1. The van der Waals surface area contributed by atoms with Crippen LogP contribution in [0.5, 0.6) is 0 Å². The maximum Gasteiger partial charge on any atom is 0.416 e. The molecule has 0 saturated carbocycles. The van der Waals surface area contributed by atoms with Gasteiger partial charge in [0, 0.05) is 19.8 Å². The lowest BCUT2D eigenvalue weighted by molar-refractivity contribution is -0.142. The summed E-state index contributed by atoms with van der Waals surface area (Å²) in [6.45, 7) is 2.89. The van der Waals surface area contributed by atoms with Gasteiger partial charge in [0.15, 0.2) is 0 Å². The molecule has 2 N–H and O–H groups in total. The summed E-state index contributed by atoms with van der Waals surface area (Å²) in [5, 5.41) is 12.3. The third kappa shape index (κ3) is 4.68. The van der Waals surface area contributed by atoms with Crippen LogP contribution < -0.4 is 5.32 Å². The Morgan fingerprint density at radius 3 is 2.57 bits per heavy atom. The molecule has 0 bridgehead atoms. The van der Waals surface area contributed by atoms with Crippen LogP contribution in [0, 0.1) is 12.8 Å². The monoisotopic (exact) mass is 331 g/mol. The van der Waals surface area contributed by atoms with Crippen molar-refractivity contribution in [1.29, 1.82) is 0 Å². The molecule has 0 spiro atoms. The van der Waals surface area contributed by atoms with Crippen molar-refractivity contribution in [3.8, 4) is 0 Å². The summed E-state index contributed by atoms with van der Waals surface area (Å²) < 4.78 is 43.2. The highest BCUT2D eigenvalue weighted by molar-refractivity contribution is 5.73. The molecule has 1 atom stereocenters. The average molecular weight is 331 g/mol. The van der Waals surface area contributed by atoms with Gasteiger partial charge >= 0.3 is 12.1 Å². The van der Waals surface area contributed by atoms with Crippen LogP contribution in [0.4, 0.5) is 13.2 Å². The topological polar surface area (TPSA) is 58.6 Å². The smallest absolute Gasteiger partial charge is 0.416 e. The second-order valence-electron chi connectivity index (χ2n) is 5.79. The quantitative estimate of drug-likeness (QED) is 0.871. The molecule has 23 heavy (non-hydrogen) atoms. The summed E-state index contributed by atoms with van der Waals surface area (Å²) in [7, 11) is 0. The van der Waals surface area contributed by atoms with Crippen molar-refractivity contribution in [2.45, 2.75) is 38.5 Å². The van der Waals surface area contributed by atoms with Crippen LogP contribution in [-0.2, 0) is 22.3 Å². The van der Waals surface area contributed by atoms with E-state index in [1.807, 2.05) is 0 Å². The van der Waals surface area contributed by atoms with Gasteiger partial charge in [0.25, 0.3) is 0 Å². The Morgan fingerprint density at radius 2 is 2.04 bits per heavy atom. The first-order valence-electron chi connectivity index (χ1n) is 7.49. The number of aryl methyl sites for hydroxylation is 1. The predicted octanol–water partition coefficient (Wildman–Crippen LogP) is 2.98. The van der Waals surface area contributed by atoms with E-state index in [-0.39, 0.29) is 12.5 Å². The molecule has 4 nitrogen and oxygen atoms in total. The first-order chi connectivity index (χ1) is 10.8. The first kappa shape index (κ1) is 17.7. The molecule has 1 unspecified atom stereocenters. The molecular weight excluding hydrogens is 311 g/mol. The molecule has 128 valence electrons. The molecule has 1 aliphatic rings. The van der Waals surface area contributed by atoms with E-state index in [4.69, 9.17) is 4.74 Å². The zero-order chi connectivity index (χ0) is 17.0. The summed E-state index contributed by atoms with van der Waals surface area (Å²) in [5.74, 6) is -0.975. The lowest BCUT2D eigenvalue weighted by Crippen LogP contribution is -2.44. The summed E-state index contributed by atoms with van der Waals surface area (Å²) in [5.41, 5.74) is 0.456. The Kier molecular flexibility index (Phi) is 5.64. The highest BCUT2D eigenvalue weighted by Gasteiger charge is 2.31. The molecule has 7 heteroatoms. The molecule has 0 aromatic heterocycles. The lowest BCUT2D eigenvalue weighted by Gasteiger charge is -2.28. The number of hydrogen-bond acceptors (Lipinski definition) is 3. The molecule has 1 fully saturated rings. The maximum absolute atomic E-state index is 12.7. The molecule has 2 rings (SSSR count). The fourth-order valence-corrected chi connectivity index (χ4v) is 2.80. The third-order valence-corrected chi connectivity index (χ3v) is 4.19. The zero-order valence-corrected chi connectivity index (χ0v) is 12.8. The van der Waals surface area contributed by atoms with Gasteiger partial charge in [-0.05, 0) is 48.9 Å². The predicted molar refractivity (Wildman–Crippen MR) is 78.0 cm³/mol. The number of carboxylic acids is 1. The number of alkyl halides is 3. The minimum Gasteiger partial charge on any atom is -0.480 e. The van der Waals surface area contributed by atoms with Gasteiger partial charge in [-0.3, -0.25) is 4.79 Å². The normalized spacial score (nSPS) is 17.9. The number of halogens is 3. The van der Waals surface area contributed by atoms with Gasteiger partial charge in [-0.15, -0.1) is 0 Å². The van der Waals surface area contributed by atoms with Gasteiger partial charge in [-0.25, -0.2) is 0 Å². The van der Waals surface area contributed by atoms with Crippen LogP contribution in [0.1, 0.15) is 29.5 Å². The van der Waals surface area contributed by atoms with Crippen LogP contribution in [-0.4, -0.2) is 30.3 Å². The van der Waals surface area contributed by atoms with Crippen LogP contribution in [0.2, 0.25) is 0 Å². The van der Waals surface area contributed by atoms with Crippen LogP contribution in [0.25, 0.3) is 0 Å². The summed E-state index contributed by atoms with van der Waals surface area (Å²) in [4.78, 5) is 11.4. The molecule has 1 heterocycles. The van der Waals surface area contributed by atoms with Crippen LogP contribution >= 0.6 is 0 Å². The van der Waals surface area contributed by atoms with E-state index in [9.17, 15) is 23.1 Å². The second-order valence-corrected chi connectivity index (χ2v) is 5.79. The van der Waals surface area contributed by atoms with E-state index in [1.54, 1.807) is 6.92 Å². The van der Waals surface area contributed by atoms with Crippen molar-refractivity contribution in [1.82, 2.24) is 5.32 Å². The molecular formula is C16H20F3NO3. The third-order valence-electron chi connectivity index (χ3n) is 4.19. The first-order valence-corrected chi connectivity index (χ1v) is 7.49. The van der Waals surface area contributed by atoms with E-state index in [0.717, 1.165) is 12.1 Å². The van der Waals surface area contributed by atoms with Gasteiger partial charge in [0.2, 0.25) is 0 Å².